The van der Waals surface area contributed by atoms with Crippen molar-refractivity contribution in [2.45, 2.75) is 31.9 Å². The molecule has 0 saturated carbocycles. The molecule has 4 nitrogen and oxygen atoms in total. The Balaban J connectivity index is 1.64. The molecule has 0 aromatic rings. The van der Waals surface area contributed by atoms with E-state index in [0.29, 0.717) is 6.04 Å². The van der Waals surface area contributed by atoms with Gasteiger partial charge in [-0.05, 0) is 45.8 Å². The highest BCUT2D eigenvalue weighted by atomic mass is 16.6. The summed E-state index contributed by atoms with van der Waals surface area (Å²) < 4.78 is 11.0. The van der Waals surface area contributed by atoms with Crippen LogP contribution in [-0.2, 0) is 9.47 Å². The molecule has 100 valence electrons. The summed E-state index contributed by atoms with van der Waals surface area (Å²) in [7, 11) is 2.21. The minimum atomic E-state index is 0.248. The Labute approximate surface area is 105 Å². The van der Waals surface area contributed by atoms with Crippen LogP contribution in [0.5, 0.6) is 0 Å². The summed E-state index contributed by atoms with van der Waals surface area (Å²) in [5, 5.41) is 3.61. The highest BCUT2D eigenvalue weighted by molar-refractivity contribution is 4.79. The van der Waals surface area contributed by atoms with Gasteiger partial charge in [-0.2, -0.15) is 0 Å². The van der Waals surface area contributed by atoms with E-state index in [-0.39, 0.29) is 6.10 Å². The molecule has 17 heavy (non-hydrogen) atoms. The van der Waals surface area contributed by atoms with Gasteiger partial charge in [0.1, 0.15) is 0 Å². The first kappa shape index (κ1) is 13.3. The predicted octanol–water partition coefficient (Wildman–Crippen LogP) is 0.722. The van der Waals surface area contributed by atoms with Crippen LogP contribution >= 0.6 is 0 Å². The van der Waals surface area contributed by atoms with Gasteiger partial charge in [-0.1, -0.05) is 0 Å². The number of likely N-dealkylation sites (tertiary alicyclic amines) is 1. The molecule has 0 aromatic heterocycles. The predicted molar refractivity (Wildman–Crippen MR) is 68.2 cm³/mol. The molecular weight excluding hydrogens is 216 g/mol. The van der Waals surface area contributed by atoms with E-state index < -0.39 is 0 Å². The third-order valence-corrected chi connectivity index (χ3v) is 4.02. The molecule has 4 heteroatoms. The lowest BCUT2D eigenvalue weighted by molar-refractivity contribution is -0.0875. The summed E-state index contributed by atoms with van der Waals surface area (Å²) in [6.45, 7) is 7.94. The van der Waals surface area contributed by atoms with E-state index in [4.69, 9.17) is 9.47 Å². The molecule has 2 fully saturated rings. The molecule has 0 bridgehead atoms. The van der Waals surface area contributed by atoms with Crippen LogP contribution in [-0.4, -0.2) is 63.5 Å². The molecule has 0 aliphatic carbocycles. The molecule has 0 radical (unpaired) electrons. The first-order valence-corrected chi connectivity index (χ1v) is 6.87. The Kier molecular flexibility index (Phi) is 5.22. The number of piperidine rings is 1. The van der Waals surface area contributed by atoms with Crippen molar-refractivity contribution in [3.8, 4) is 0 Å². The SMILES string of the molecule is CC(NCC1COCCO1)C1CCN(C)CC1. The van der Waals surface area contributed by atoms with Crippen LogP contribution < -0.4 is 5.32 Å². The van der Waals surface area contributed by atoms with Crippen molar-refractivity contribution >= 4 is 0 Å². The highest BCUT2D eigenvalue weighted by Gasteiger charge is 2.23. The van der Waals surface area contributed by atoms with Crippen molar-refractivity contribution in [2.75, 3.05) is 46.5 Å². The van der Waals surface area contributed by atoms with Crippen molar-refractivity contribution in [1.29, 1.82) is 0 Å². The summed E-state index contributed by atoms with van der Waals surface area (Å²) in [5.41, 5.74) is 0. The molecule has 1 N–H and O–H groups in total. The zero-order chi connectivity index (χ0) is 12.1. The molecule has 2 unspecified atom stereocenters. The van der Waals surface area contributed by atoms with Gasteiger partial charge < -0.3 is 19.7 Å². The Bertz CT molecular complexity index is 211. The van der Waals surface area contributed by atoms with Gasteiger partial charge >= 0.3 is 0 Å². The Morgan fingerprint density at radius 1 is 1.29 bits per heavy atom. The molecule has 0 spiro atoms. The van der Waals surface area contributed by atoms with E-state index in [1.807, 2.05) is 0 Å². The van der Waals surface area contributed by atoms with Gasteiger partial charge in [0.2, 0.25) is 0 Å². The lowest BCUT2D eigenvalue weighted by Crippen LogP contribution is -2.45. The quantitative estimate of drug-likeness (QED) is 0.788. The van der Waals surface area contributed by atoms with Crippen molar-refractivity contribution in [3.63, 3.8) is 0 Å². The highest BCUT2D eigenvalue weighted by Crippen LogP contribution is 2.19. The maximum atomic E-state index is 5.64. The lowest BCUT2D eigenvalue weighted by atomic mass is 9.90. The average molecular weight is 242 g/mol. The maximum absolute atomic E-state index is 5.64. The van der Waals surface area contributed by atoms with E-state index in [0.717, 1.165) is 32.3 Å². The maximum Gasteiger partial charge on any atom is 0.0933 e. The van der Waals surface area contributed by atoms with Gasteiger partial charge in [-0.15, -0.1) is 0 Å². The number of hydrogen-bond acceptors (Lipinski definition) is 4. The van der Waals surface area contributed by atoms with Gasteiger partial charge in [-0.25, -0.2) is 0 Å². The fourth-order valence-corrected chi connectivity index (χ4v) is 2.67. The van der Waals surface area contributed by atoms with E-state index in [1.165, 1.54) is 25.9 Å². The monoisotopic (exact) mass is 242 g/mol. The number of nitrogens with one attached hydrogen (secondary N) is 1. The summed E-state index contributed by atoms with van der Waals surface area (Å²) in [5.74, 6) is 0.815. The molecule has 0 amide bonds. The molecule has 0 aromatic carbocycles. The fraction of sp³-hybridized carbons (Fsp3) is 1.00. The largest absolute Gasteiger partial charge is 0.376 e. The van der Waals surface area contributed by atoms with Crippen molar-refractivity contribution in [3.05, 3.63) is 0 Å². The minimum absolute atomic E-state index is 0.248. The first-order valence-electron chi connectivity index (χ1n) is 6.87. The summed E-state index contributed by atoms with van der Waals surface area (Å²) in [4.78, 5) is 2.42. The van der Waals surface area contributed by atoms with E-state index >= 15 is 0 Å². The second-order valence-corrected chi connectivity index (χ2v) is 5.41. The van der Waals surface area contributed by atoms with E-state index in [1.54, 1.807) is 0 Å². The normalized spacial score (nSPS) is 30.4. The number of nitrogens with zero attached hydrogens (tertiary/aromatic N) is 1. The van der Waals surface area contributed by atoms with Crippen molar-refractivity contribution < 1.29 is 9.47 Å². The second-order valence-electron chi connectivity index (χ2n) is 5.41. The van der Waals surface area contributed by atoms with Crippen molar-refractivity contribution in [1.82, 2.24) is 10.2 Å². The van der Waals surface area contributed by atoms with Gasteiger partial charge in [-0.3, -0.25) is 0 Å². The topological polar surface area (TPSA) is 33.7 Å². The van der Waals surface area contributed by atoms with Gasteiger partial charge in [0, 0.05) is 12.6 Å². The smallest absolute Gasteiger partial charge is 0.0933 e. The molecule has 2 aliphatic rings. The van der Waals surface area contributed by atoms with Crippen LogP contribution in [0.2, 0.25) is 0 Å². The van der Waals surface area contributed by atoms with Crippen LogP contribution in [0.4, 0.5) is 0 Å². The third-order valence-electron chi connectivity index (χ3n) is 4.02. The van der Waals surface area contributed by atoms with Gasteiger partial charge in [0.15, 0.2) is 0 Å². The third kappa shape index (κ3) is 4.21. The zero-order valence-electron chi connectivity index (χ0n) is 11.2. The van der Waals surface area contributed by atoms with E-state index in [9.17, 15) is 0 Å². The zero-order valence-corrected chi connectivity index (χ0v) is 11.2. The Hall–Kier alpha value is -0.160. The number of hydrogen-bond donors (Lipinski definition) is 1. The summed E-state index contributed by atoms with van der Waals surface area (Å²) >= 11 is 0. The average Bonchev–Trinajstić information content (AvgIpc) is 2.38. The van der Waals surface area contributed by atoms with Crippen molar-refractivity contribution in [2.24, 2.45) is 5.92 Å². The van der Waals surface area contributed by atoms with Gasteiger partial charge in [0.25, 0.3) is 0 Å². The first-order chi connectivity index (χ1) is 8.25. The standard InChI is InChI=1S/C13H26N2O2/c1-11(12-3-5-15(2)6-4-12)14-9-13-10-16-7-8-17-13/h11-14H,3-10H2,1-2H3. The van der Waals surface area contributed by atoms with Gasteiger partial charge in [0.05, 0.1) is 25.9 Å². The van der Waals surface area contributed by atoms with Crippen LogP contribution in [0.3, 0.4) is 0 Å². The number of rotatable bonds is 4. The van der Waals surface area contributed by atoms with Crippen LogP contribution in [0, 0.1) is 5.92 Å². The van der Waals surface area contributed by atoms with E-state index in [2.05, 4.69) is 24.2 Å². The van der Waals surface area contributed by atoms with Crippen LogP contribution in [0.1, 0.15) is 19.8 Å². The van der Waals surface area contributed by atoms with Crippen LogP contribution in [0.15, 0.2) is 0 Å². The number of ether oxygens (including phenoxy) is 2. The second kappa shape index (κ2) is 6.69. The lowest BCUT2D eigenvalue weighted by Gasteiger charge is -2.34. The summed E-state index contributed by atoms with van der Waals surface area (Å²) in [6, 6.07) is 0.592. The molecule has 2 saturated heterocycles. The fourth-order valence-electron chi connectivity index (χ4n) is 2.67. The molecule has 2 atom stereocenters. The van der Waals surface area contributed by atoms with Crippen LogP contribution in [0.25, 0.3) is 0 Å². The molecule has 2 rings (SSSR count). The molecule has 2 aliphatic heterocycles. The Morgan fingerprint density at radius 3 is 2.71 bits per heavy atom. The molecular formula is C13H26N2O2. The Morgan fingerprint density at radius 2 is 2.06 bits per heavy atom. The minimum Gasteiger partial charge on any atom is -0.376 e. The molecule has 2 heterocycles. The summed E-state index contributed by atoms with van der Waals surface area (Å²) in [6.07, 6.45) is 2.87.